The van der Waals surface area contributed by atoms with Crippen molar-refractivity contribution in [2.24, 2.45) is 10.6 Å². The third-order valence-corrected chi connectivity index (χ3v) is 5.61. The SMILES string of the molecule is CC(=O)Nc1ccc(N(N=O)c2ccc(CO)cc2)cc1.O=NN(c1ccc(CO)cc1)c1cccc(Cl)c1. The normalized spacial score (nSPS) is 10.1. The Morgan fingerprint density at radius 2 is 1.15 bits per heavy atom. The van der Waals surface area contributed by atoms with Gasteiger partial charge in [-0.25, -0.2) is 0 Å². The molecule has 0 atom stereocenters. The number of benzene rings is 4. The smallest absolute Gasteiger partial charge is 0.221 e. The van der Waals surface area contributed by atoms with E-state index in [1.165, 1.54) is 16.9 Å². The van der Waals surface area contributed by atoms with E-state index in [2.05, 4.69) is 15.9 Å². The van der Waals surface area contributed by atoms with Crippen LogP contribution in [-0.2, 0) is 18.0 Å². The van der Waals surface area contributed by atoms with Gasteiger partial charge in [-0.1, -0.05) is 41.9 Å². The van der Waals surface area contributed by atoms with Crippen molar-refractivity contribution in [3.8, 4) is 0 Å². The number of halogens is 1. The summed E-state index contributed by atoms with van der Waals surface area (Å²) in [5, 5.41) is 29.6. The van der Waals surface area contributed by atoms with Gasteiger partial charge in [0, 0.05) is 17.6 Å². The van der Waals surface area contributed by atoms with Crippen LogP contribution in [0.4, 0.5) is 28.4 Å². The molecule has 1 amide bonds. The number of hydrogen-bond acceptors (Lipinski definition) is 7. The molecule has 0 fully saturated rings. The number of amides is 1. The zero-order valence-electron chi connectivity index (χ0n) is 20.9. The first-order valence-corrected chi connectivity index (χ1v) is 12.1. The number of aliphatic hydroxyl groups excluding tert-OH is 2. The van der Waals surface area contributed by atoms with Gasteiger partial charge in [0.25, 0.3) is 0 Å². The Hall–Kier alpha value is -4.64. The molecule has 39 heavy (non-hydrogen) atoms. The lowest BCUT2D eigenvalue weighted by molar-refractivity contribution is -0.114. The van der Waals surface area contributed by atoms with E-state index in [-0.39, 0.29) is 19.1 Å². The van der Waals surface area contributed by atoms with Crippen molar-refractivity contribution in [2.75, 3.05) is 15.3 Å². The average Bonchev–Trinajstić information content (AvgIpc) is 2.96. The molecular weight excluding hydrogens is 522 g/mol. The highest BCUT2D eigenvalue weighted by Crippen LogP contribution is 2.29. The summed E-state index contributed by atoms with van der Waals surface area (Å²) < 4.78 is 0. The second-order valence-electron chi connectivity index (χ2n) is 8.14. The van der Waals surface area contributed by atoms with Crippen molar-refractivity contribution in [1.82, 2.24) is 0 Å². The molecule has 4 rings (SSSR count). The molecule has 0 aliphatic rings. The molecule has 4 aromatic carbocycles. The van der Waals surface area contributed by atoms with Gasteiger partial charge in [0.05, 0.1) is 46.5 Å². The summed E-state index contributed by atoms with van der Waals surface area (Å²) in [6.45, 7) is 1.34. The van der Waals surface area contributed by atoms with E-state index in [1.54, 1.807) is 97.1 Å². The lowest BCUT2D eigenvalue weighted by atomic mass is 10.2. The second-order valence-corrected chi connectivity index (χ2v) is 8.58. The van der Waals surface area contributed by atoms with Crippen molar-refractivity contribution in [3.63, 3.8) is 0 Å². The first-order valence-electron chi connectivity index (χ1n) is 11.7. The molecule has 0 heterocycles. The van der Waals surface area contributed by atoms with E-state index in [1.807, 2.05) is 0 Å². The summed E-state index contributed by atoms with van der Waals surface area (Å²) in [7, 11) is 0. The maximum atomic E-state index is 11.1. The van der Waals surface area contributed by atoms with Crippen LogP contribution in [0.15, 0.2) is 108 Å². The Bertz CT molecular complexity index is 1380. The summed E-state index contributed by atoms with van der Waals surface area (Å²) in [5.74, 6) is -0.160. The molecule has 0 radical (unpaired) electrons. The standard InChI is InChI=1S/C15H15N3O3.C13H11ClN2O2/c1-11(20)16-13-4-8-15(9-5-13)18(17-21)14-6-2-12(10-19)3-7-14;14-11-2-1-3-13(8-11)16(15-18)12-6-4-10(9-17)5-7-12/h2-9,19H,10H2,1H3,(H,16,20);1-8,17H,9H2. The van der Waals surface area contributed by atoms with Crippen LogP contribution in [0.5, 0.6) is 0 Å². The molecule has 0 aliphatic carbocycles. The number of nitroso groups, excluding NO2 is 2. The summed E-state index contributed by atoms with van der Waals surface area (Å²) in [5.41, 5.74) is 4.55. The molecule has 11 heteroatoms. The molecule has 4 aromatic rings. The Morgan fingerprint density at radius 1 is 0.718 bits per heavy atom. The van der Waals surface area contributed by atoms with Crippen molar-refractivity contribution in [1.29, 1.82) is 0 Å². The lowest BCUT2D eigenvalue weighted by Crippen LogP contribution is -2.09. The minimum absolute atomic E-state index is 0.0358. The quantitative estimate of drug-likeness (QED) is 0.158. The number of nitrogens with zero attached hydrogens (tertiary/aromatic N) is 4. The van der Waals surface area contributed by atoms with E-state index in [9.17, 15) is 14.6 Å². The van der Waals surface area contributed by atoms with Gasteiger partial charge >= 0.3 is 0 Å². The van der Waals surface area contributed by atoms with Gasteiger partial charge in [0.2, 0.25) is 5.91 Å². The van der Waals surface area contributed by atoms with Crippen LogP contribution in [0.3, 0.4) is 0 Å². The first kappa shape index (κ1) is 28.9. The molecular formula is C28H26ClN5O5. The monoisotopic (exact) mass is 547 g/mol. The van der Waals surface area contributed by atoms with Gasteiger partial charge in [-0.3, -0.25) is 4.79 Å². The van der Waals surface area contributed by atoms with Crippen LogP contribution >= 0.6 is 11.6 Å². The van der Waals surface area contributed by atoms with Crippen LogP contribution in [0, 0.1) is 9.81 Å². The topological polar surface area (TPSA) is 135 Å². The molecule has 10 nitrogen and oxygen atoms in total. The lowest BCUT2D eigenvalue weighted by Gasteiger charge is -2.16. The molecule has 200 valence electrons. The Kier molecular flexibility index (Phi) is 10.6. The van der Waals surface area contributed by atoms with Gasteiger partial charge < -0.3 is 15.5 Å². The Labute approximate surface area is 230 Å². The third kappa shape index (κ3) is 8.17. The van der Waals surface area contributed by atoms with E-state index in [0.29, 0.717) is 33.5 Å². The maximum absolute atomic E-state index is 11.1. The third-order valence-electron chi connectivity index (χ3n) is 5.38. The molecule has 0 saturated heterocycles. The van der Waals surface area contributed by atoms with Crippen molar-refractivity contribution >= 4 is 45.9 Å². The van der Waals surface area contributed by atoms with Crippen molar-refractivity contribution in [2.45, 2.75) is 20.1 Å². The second kappa shape index (κ2) is 14.3. The fourth-order valence-electron chi connectivity index (χ4n) is 3.47. The molecule has 0 unspecified atom stereocenters. The number of carbonyl (C=O) groups is 1. The van der Waals surface area contributed by atoms with Crippen LogP contribution in [0.2, 0.25) is 5.02 Å². The highest BCUT2D eigenvalue weighted by Gasteiger charge is 2.11. The fourth-order valence-corrected chi connectivity index (χ4v) is 3.65. The average molecular weight is 548 g/mol. The number of aliphatic hydroxyl groups is 2. The number of carbonyl (C=O) groups excluding carboxylic acids is 1. The van der Waals surface area contributed by atoms with Gasteiger partial charge in [-0.2, -0.15) is 10.0 Å². The van der Waals surface area contributed by atoms with Gasteiger partial charge in [0.1, 0.15) is 0 Å². The van der Waals surface area contributed by atoms with Crippen LogP contribution < -0.4 is 15.3 Å². The number of rotatable bonds is 9. The molecule has 0 saturated carbocycles. The predicted octanol–water partition coefficient (Wildman–Crippen LogP) is 6.61. The molecule has 0 aromatic heterocycles. The van der Waals surface area contributed by atoms with E-state index in [4.69, 9.17) is 21.8 Å². The summed E-state index contributed by atoms with van der Waals surface area (Å²) in [6, 6.07) is 27.4. The van der Waals surface area contributed by atoms with E-state index < -0.39 is 0 Å². The van der Waals surface area contributed by atoms with Crippen molar-refractivity contribution in [3.05, 3.63) is 123 Å². The minimum Gasteiger partial charge on any atom is -0.392 e. The summed E-state index contributed by atoms with van der Waals surface area (Å²) in [6.07, 6.45) is 0. The molecule has 0 bridgehead atoms. The van der Waals surface area contributed by atoms with Crippen molar-refractivity contribution < 1.29 is 15.0 Å². The predicted molar refractivity (Wildman–Crippen MR) is 153 cm³/mol. The van der Waals surface area contributed by atoms with Gasteiger partial charge in [0.15, 0.2) is 0 Å². The van der Waals surface area contributed by atoms with Crippen LogP contribution in [0.1, 0.15) is 18.1 Å². The number of hydrogen-bond donors (Lipinski definition) is 3. The van der Waals surface area contributed by atoms with E-state index >= 15 is 0 Å². The highest BCUT2D eigenvalue weighted by atomic mass is 35.5. The summed E-state index contributed by atoms with van der Waals surface area (Å²) in [4.78, 5) is 33.0. The number of anilines is 5. The molecule has 0 spiro atoms. The van der Waals surface area contributed by atoms with Crippen LogP contribution in [-0.4, -0.2) is 16.1 Å². The molecule has 3 N–H and O–H groups in total. The molecule has 0 aliphatic heterocycles. The first-order chi connectivity index (χ1) is 18.9. The Balaban J connectivity index is 0.000000218. The van der Waals surface area contributed by atoms with E-state index in [0.717, 1.165) is 11.1 Å². The zero-order chi connectivity index (χ0) is 28.2. The minimum atomic E-state index is -0.160. The summed E-state index contributed by atoms with van der Waals surface area (Å²) >= 11 is 5.88. The van der Waals surface area contributed by atoms with Gasteiger partial charge in [-0.15, -0.1) is 9.81 Å². The van der Waals surface area contributed by atoms with Gasteiger partial charge in [-0.05, 0) is 77.9 Å². The number of nitrogens with one attached hydrogen (secondary N) is 1. The fraction of sp³-hybridized carbons (Fsp3) is 0.107. The largest absolute Gasteiger partial charge is 0.392 e. The highest BCUT2D eigenvalue weighted by molar-refractivity contribution is 6.30. The van der Waals surface area contributed by atoms with Crippen LogP contribution in [0.25, 0.3) is 0 Å². The maximum Gasteiger partial charge on any atom is 0.221 e. The zero-order valence-corrected chi connectivity index (χ0v) is 21.7. The Morgan fingerprint density at radius 3 is 1.54 bits per heavy atom.